The molecule has 1 aromatic heterocycles. The van der Waals surface area contributed by atoms with Crippen LogP contribution in [0.2, 0.25) is 0 Å². The highest BCUT2D eigenvalue weighted by molar-refractivity contribution is 6.02. The van der Waals surface area contributed by atoms with E-state index in [1.54, 1.807) is 31.4 Å². The number of anilines is 6. The van der Waals surface area contributed by atoms with E-state index in [0.717, 1.165) is 37.0 Å². The second kappa shape index (κ2) is 14.0. The number of para-hydroxylation sites is 2. The molecule has 2 aliphatic rings. The van der Waals surface area contributed by atoms with Crippen molar-refractivity contribution >= 4 is 52.2 Å². The second-order valence-corrected chi connectivity index (χ2v) is 10.3. The van der Waals surface area contributed by atoms with E-state index < -0.39 is 11.8 Å². The minimum atomic E-state index is -0.726. The van der Waals surface area contributed by atoms with Crippen molar-refractivity contribution in [3.8, 4) is 5.75 Å². The van der Waals surface area contributed by atoms with Gasteiger partial charge in [0.2, 0.25) is 17.8 Å². The van der Waals surface area contributed by atoms with Gasteiger partial charge in [-0.3, -0.25) is 19.3 Å². The molecule has 3 heterocycles. The molecule has 0 saturated carbocycles. The molecule has 0 bridgehead atoms. The van der Waals surface area contributed by atoms with E-state index in [-0.39, 0.29) is 23.2 Å². The molecular formula is C31H36N8O5. The lowest BCUT2D eigenvalue weighted by atomic mass is 10.0. The Morgan fingerprint density at radius 1 is 1.07 bits per heavy atom. The van der Waals surface area contributed by atoms with E-state index in [1.807, 2.05) is 17.0 Å². The molecule has 1 fully saturated rings. The Morgan fingerprint density at radius 3 is 2.57 bits per heavy atom. The zero-order valence-corrected chi connectivity index (χ0v) is 24.6. The summed E-state index contributed by atoms with van der Waals surface area (Å²) in [5, 5.41) is 9.01. The van der Waals surface area contributed by atoms with E-state index in [0.29, 0.717) is 61.8 Å². The zero-order valence-electron chi connectivity index (χ0n) is 24.6. The Hall–Kier alpha value is -5.01. The van der Waals surface area contributed by atoms with Crippen molar-refractivity contribution in [1.29, 1.82) is 0 Å². The second-order valence-electron chi connectivity index (χ2n) is 10.3. The molecule has 5 N–H and O–H groups in total. The van der Waals surface area contributed by atoms with Crippen LogP contribution < -0.4 is 31.3 Å². The van der Waals surface area contributed by atoms with Crippen LogP contribution in [0.4, 0.5) is 34.5 Å². The average Bonchev–Trinajstić information content (AvgIpc) is 3.19. The first kappa shape index (κ1) is 30.4. The molecule has 0 aliphatic carbocycles. The Kier molecular flexibility index (Phi) is 9.67. The number of carbonyl (C=O) groups is 3. The van der Waals surface area contributed by atoms with E-state index in [2.05, 4.69) is 37.4 Å². The van der Waals surface area contributed by atoms with Crippen LogP contribution in [-0.4, -0.2) is 79.1 Å². The molecule has 0 atom stereocenters. The van der Waals surface area contributed by atoms with E-state index >= 15 is 0 Å². The Balaban J connectivity index is 1.43. The minimum Gasteiger partial charge on any atom is -0.494 e. The number of nitrogens with two attached hydrogens (primary N) is 1. The number of primary amides is 1. The molecule has 230 valence electrons. The highest BCUT2D eigenvalue weighted by Gasteiger charge is 2.27. The third kappa shape index (κ3) is 6.96. The van der Waals surface area contributed by atoms with Gasteiger partial charge in [-0.25, -0.2) is 4.98 Å². The SMILES string of the molecule is C=CC(=O)Nc1ccccc1Nc1nc(Nc2ccc3c(c2OC)CCCC(=O)N3CCN2CCOCC2)ncc1C(N)=O. The Labute approximate surface area is 255 Å². The van der Waals surface area contributed by atoms with Crippen LogP contribution in [0, 0.1) is 0 Å². The number of ether oxygens (including phenoxy) is 2. The molecule has 44 heavy (non-hydrogen) atoms. The van der Waals surface area contributed by atoms with Gasteiger partial charge in [0, 0.05) is 44.4 Å². The first-order chi connectivity index (χ1) is 21.4. The summed E-state index contributed by atoms with van der Waals surface area (Å²) < 4.78 is 11.3. The van der Waals surface area contributed by atoms with Gasteiger partial charge in [0.1, 0.15) is 17.1 Å². The largest absolute Gasteiger partial charge is 0.494 e. The fraction of sp³-hybridized carbons (Fsp3) is 0.323. The number of rotatable bonds is 11. The topological polar surface area (TPSA) is 164 Å². The maximum Gasteiger partial charge on any atom is 0.254 e. The summed E-state index contributed by atoms with van der Waals surface area (Å²) >= 11 is 0. The summed E-state index contributed by atoms with van der Waals surface area (Å²) in [6, 6.07) is 10.7. The number of morpholine rings is 1. The van der Waals surface area contributed by atoms with Gasteiger partial charge < -0.3 is 36.1 Å². The quantitative estimate of drug-likeness (QED) is 0.240. The highest BCUT2D eigenvalue weighted by Crippen LogP contribution is 2.40. The van der Waals surface area contributed by atoms with Crippen LogP contribution in [-0.2, 0) is 20.7 Å². The molecule has 3 aromatic rings. The Bertz CT molecular complexity index is 1560. The fourth-order valence-electron chi connectivity index (χ4n) is 5.29. The molecule has 5 rings (SSSR count). The number of hydrogen-bond acceptors (Lipinski definition) is 10. The number of carbonyl (C=O) groups excluding carboxylic acids is 3. The molecule has 1 saturated heterocycles. The smallest absolute Gasteiger partial charge is 0.254 e. The molecule has 13 nitrogen and oxygen atoms in total. The minimum absolute atomic E-state index is 0.0590. The van der Waals surface area contributed by atoms with Gasteiger partial charge in [-0.2, -0.15) is 4.98 Å². The number of nitrogens with one attached hydrogen (secondary N) is 3. The lowest BCUT2D eigenvalue weighted by Gasteiger charge is -2.30. The van der Waals surface area contributed by atoms with Crippen molar-refractivity contribution in [2.45, 2.75) is 19.3 Å². The number of hydrogen-bond donors (Lipinski definition) is 4. The van der Waals surface area contributed by atoms with E-state index in [4.69, 9.17) is 15.2 Å². The maximum absolute atomic E-state index is 13.1. The first-order valence-electron chi connectivity index (χ1n) is 14.4. The van der Waals surface area contributed by atoms with Crippen LogP contribution in [0.1, 0.15) is 28.8 Å². The van der Waals surface area contributed by atoms with Crippen LogP contribution in [0.25, 0.3) is 0 Å². The molecule has 2 aromatic carbocycles. The number of methoxy groups -OCH3 is 1. The van der Waals surface area contributed by atoms with Crippen molar-refractivity contribution in [1.82, 2.24) is 14.9 Å². The third-order valence-corrected chi connectivity index (χ3v) is 7.52. The summed E-state index contributed by atoms with van der Waals surface area (Å²) in [4.78, 5) is 50.3. The summed E-state index contributed by atoms with van der Waals surface area (Å²) in [5.74, 6) is -0.123. The van der Waals surface area contributed by atoms with Crippen molar-refractivity contribution in [2.24, 2.45) is 5.73 Å². The van der Waals surface area contributed by atoms with E-state index in [1.165, 1.54) is 6.20 Å². The summed E-state index contributed by atoms with van der Waals surface area (Å²) in [7, 11) is 1.59. The van der Waals surface area contributed by atoms with E-state index in [9.17, 15) is 14.4 Å². The molecule has 13 heteroatoms. The number of aromatic nitrogens is 2. The summed E-state index contributed by atoms with van der Waals surface area (Å²) in [6.45, 7) is 7.91. The van der Waals surface area contributed by atoms with Crippen molar-refractivity contribution in [3.05, 3.63) is 66.4 Å². The lowest BCUT2D eigenvalue weighted by molar-refractivity contribution is -0.118. The number of nitrogens with zero attached hydrogens (tertiary/aromatic N) is 4. The molecule has 0 spiro atoms. The molecule has 0 unspecified atom stereocenters. The number of amides is 3. The van der Waals surface area contributed by atoms with Gasteiger partial charge in [-0.15, -0.1) is 0 Å². The fourth-order valence-corrected chi connectivity index (χ4v) is 5.29. The van der Waals surface area contributed by atoms with Gasteiger partial charge in [0.15, 0.2) is 0 Å². The van der Waals surface area contributed by atoms with Gasteiger partial charge in [-0.1, -0.05) is 18.7 Å². The first-order valence-corrected chi connectivity index (χ1v) is 14.4. The molecule has 3 amide bonds. The predicted molar refractivity (Wildman–Crippen MR) is 168 cm³/mol. The maximum atomic E-state index is 13.1. The number of fused-ring (bicyclic) bond motifs is 1. The molecule has 2 aliphatic heterocycles. The van der Waals surface area contributed by atoms with Crippen LogP contribution in [0.15, 0.2) is 55.3 Å². The van der Waals surface area contributed by atoms with Gasteiger partial charge in [0.25, 0.3) is 5.91 Å². The van der Waals surface area contributed by atoms with Crippen molar-refractivity contribution in [3.63, 3.8) is 0 Å². The summed E-state index contributed by atoms with van der Waals surface area (Å²) in [5.41, 5.74) is 8.97. The summed E-state index contributed by atoms with van der Waals surface area (Å²) in [6.07, 6.45) is 4.29. The highest BCUT2D eigenvalue weighted by atomic mass is 16.5. The standard InChI is InChI=1S/C31H36N8O5/c1-3-26(40)34-22-8-4-5-9-23(22)35-30-21(29(32)42)19-33-31(37-30)36-24-11-12-25-20(28(24)43-2)7-6-10-27(41)39(25)14-13-38-15-17-44-18-16-38/h3-5,8-9,11-12,19H,1,6-7,10,13-18H2,2H3,(H2,32,42)(H,34,40)(H2,33,35,36,37). The average molecular weight is 601 g/mol. The van der Waals surface area contributed by atoms with Crippen LogP contribution in [0.3, 0.4) is 0 Å². The third-order valence-electron chi connectivity index (χ3n) is 7.52. The van der Waals surface area contributed by atoms with Gasteiger partial charge in [0.05, 0.1) is 43.1 Å². The monoisotopic (exact) mass is 600 g/mol. The van der Waals surface area contributed by atoms with Gasteiger partial charge in [-0.05, 0) is 43.2 Å². The normalized spacial score (nSPS) is 15.1. The zero-order chi connectivity index (χ0) is 31.1. The predicted octanol–water partition coefficient (Wildman–Crippen LogP) is 3.20. The Morgan fingerprint density at radius 2 is 1.84 bits per heavy atom. The molecule has 0 radical (unpaired) electrons. The number of benzene rings is 2. The van der Waals surface area contributed by atoms with Crippen molar-refractivity contribution < 1.29 is 23.9 Å². The molecular weight excluding hydrogens is 564 g/mol. The van der Waals surface area contributed by atoms with Crippen LogP contribution >= 0.6 is 0 Å². The van der Waals surface area contributed by atoms with Crippen molar-refractivity contribution in [2.75, 3.05) is 67.4 Å². The van der Waals surface area contributed by atoms with Gasteiger partial charge >= 0.3 is 0 Å². The van der Waals surface area contributed by atoms with Crippen LogP contribution in [0.5, 0.6) is 5.75 Å². The lowest BCUT2D eigenvalue weighted by Crippen LogP contribution is -2.43.